The Labute approximate surface area is 138 Å². The number of rotatable bonds is 3. The van der Waals surface area contributed by atoms with Crippen molar-refractivity contribution in [2.24, 2.45) is 0 Å². The predicted molar refractivity (Wildman–Crippen MR) is 79.4 cm³/mol. The zero-order valence-corrected chi connectivity index (χ0v) is 14.4. The van der Waals surface area contributed by atoms with Crippen LogP contribution >= 0.6 is 39.6 Å². The van der Waals surface area contributed by atoms with Crippen molar-refractivity contribution in [3.8, 4) is 0 Å². The largest absolute Gasteiger partial charge is 0.450 e. The Balaban J connectivity index is 2.36. The molecule has 0 aliphatic rings. The van der Waals surface area contributed by atoms with Crippen LogP contribution < -0.4 is 5.32 Å². The molecule has 2 rings (SSSR count). The molecule has 1 amide bonds. The monoisotopic (exact) mass is 459 g/mol. The SMILES string of the molecule is O=C(Nc1ccc(F)cc1F)c1nn(P(=O)(O)O)c(Br)c1Br. The van der Waals surface area contributed by atoms with Crippen LogP contribution in [0.15, 0.2) is 27.3 Å². The molecular weight excluding hydrogens is 455 g/mol. The van der Waals surface area contributed by atoms with E-state index in [1.54, 1.807) is 0 Å². The molecule has 12 heteroatoms. The van der Waals surface area contributed by atoms with Gasteiger partial charge in [0.15, 0.2) is 5.69 Å². The maximum Gasteiger partial charge on any atom is 0.450 e. The molecule has 0 aliphatic heterocycles. The summed E-state index contributed by atoms with van der Waals surface area (Å²) in [5.74, 6) is -2.76. The van der Waals surface area contributed by atoms with Crippen LogP contribution in [0.25, 0.3) is 0 Å². The van der Waals surface area contributed by atoms with E-state index in [2.05, 4.69) is 42.3 Å². The maximum atomic E-state index is 13.5. The van der Waals surface area contributed by atoms with Gasteiger partial charge < -0.3 is 15.1 Å². The van der Waals surface area contributed by atoms with Gasteiger partial charge in [0.05, 0.1) is 10.2 Å². The van der Waals surface area contributed by atoms with Crippen molar-refractivity contribution in [3.63, 3.8) is 0 Å². The number of carbonyl (C=O) groups is 1. The Morgan fingerprint density at radius 2 is 1.95 bits per heavy atom. The average molecular weight is 461 g/mol. The van der Waals surface area contributed by atoms with Crippen LogP contribution in [0.4, 0.5) is 14.5 Å². The summed E-state index contributed by atoms with van der Waals surface area (Å²) in [6, 6.07) is 2.53. The molecule has 0 fully saturated rings. The Morgan fingerprint density at radius 1 is 1.32 bits per heavy atom. The lowest BCUT2D eigenvalue weighted by Gasteiger charge is -2.05. The summed E-state index contributed by atoms with van der Waals surface area (Å²) in [6.07, 6.45) is 0. The Hall–Kier alpha value is -1.13. The fourth-order valence-corrected chi connectivity index (χ4v) is 3.44. The third-order valence-corrected chi connectivity index (χ3v) is 5.47. The number of nitrogens with one attached hydrogen (secondary N) is 1. The second kappa shape index (κ2) is 6.17. The third-order valence-electron chi connectivity index (χ3n) is 2.40. The zero-order valence-electron chi connectivity index (χ0n) is 10.3. The second-order valence-corrected chi connectivity index (χ2v) is 6.88. The lowest BCUT2D eigenvalue weighted by atomic mass is 10.3. The van der Waals surface area contributed by atoms with E-state index in [0.29, 0.717) is 10.5 Å². The maximum absolute atomic E-state index is 13.5. The number of hydrogen-bond acceptors (Lipinski definition) is 3. The first-order valence-corrected chi connectivity index (χ1v) is 8.53. The molecule has 1 aromatic heterocycles. The molecule has 0 saturated heterocycles. The van der Waals surface area contributed by atoms with E-state index in [9.17, 15) is 18.1 Å². The molecule has 0 bridgehead atoms. The number of amides is 1. The fourth-order valence-electron chi connectivity index (χ4n) is 1.46. The van der Waals surface area contributed by atoms with Gasteiger partial charge in [0.2, 0.25) is 0 Å². The highest BCUT2D eigenvalue weighted by Crippen LogP contribution is 2.42. The second-order valence-electron chi connectivity index (χ2n) is 3.93. The Morgan fingerprint density at radius 3 is 2.45 bits per heavy atom. The van der Waals surface area contributed by atoms with E-state index in [-0.39, 0.29) is 20.5 Å². The van der Waals surface area contributed by atoms with Gasteiger partial charge in [-0.2, -0.15) is 9.55 Å². The minimum atomic E-state index is -4.77. The van der Waals surface area contributed by atoms with Crippen molar-refractivity contribution in [2.45, 2.75) is 0 Å². The lowest BCUT2D eigenvalue weighted by Crippen LogP contribution is -2.14. The number of nitrogens with zero attached hydrogens (tertiary/aromatic N) is 2. The Bertz CT molecular complexity index is 808. The van der Waals surface area contributed by atoms with Gasteiger partial charge in [-0.25, -0.2) is 13.3 Å². The summed E-state index contributed by atoms with van der Waals surface area (Å²) in [6.45, 7) is 0. The molecular formula is C10H6Br2F2N3O4P. The van der Waals surface area contributed by atoms with E-state index in [4.69, 9.17) is 9.79 Å². The van der Waals surface area contributed by atoms with E-state index in [1.807, 2.05) is 0 Å². The molecule has 22 heavy (non-hydrogen) atoms. The molecule has 3 N–H and O–H groups in total. The molecule has 7 nitrogen and oxygen atoms in total. The normalized spacial score (nSPS) is 11.5. The molecule has 0 radical (unpaired) electrons. The Kier molecular flexibility index (Phi) is 4.83. The summed E-state index contributed by atoms with van der Waals surface area (Å²) in [5, 5.41) is 5.60. The summed E-state index contributed by atoms with van der Waals surface area (Å²) >= 11 is 5.82. The molecule has 1 aromatic carbocycles. The molecule has 0 saturated carbocycles. The minimum Gasteiger partial charge on any atom is -0.318 e. The first-order chi connectivity index (χ1) is 10.1. The van der Waals surface area contributed by atoms with Gasteiger partial charge in [-0.1, -0.05) is 0 Å². The van der Waals surface area contributed by atoms with Crippen molar-refractivity contribution in [1.29, 1.82) is 0 Å². The van der Waals surface area contributed by atoms with Crippen LogP contribution in [0, 0.1) is 11.6 Å². The molecule has 0 spiro atoms. The molecule has 1 heterocycles. The van der Waals surface area contributed by atoms with E-state index >= 15 is 0 Å². The van der Waals surface area contributed by atoms with Gasteiger partial charge in [-0.3, -0.25) is 4.79 Å². The van der Waals surface area contributed by atoms with Crippen LogP contribution in [-0.4, -0.2) is 25.2 Å². The van der Waals surface area contributed by atoms with Crippen LogP contribution in [0.3, 0.4) is 0 Å². The van der Waals surface area contributed by atoms with E-state index in [1.165, 1.54) is 0 Å². The van der Waals surface area contributed by atoms with Crippen LogP contribution in [0.5, 0.6) is 0 Å². The number of carbonyl (C=O) groups excluding carboxylic acids is 1. The molecule has 0 atom stereocenters. The highest BCUT2D eigenvalue weighted by atomic mass is 79.9. The van der Waals surface area contributed by atoms with Gasteiger partial charge in [-0.15, -0.1) is 0 Å². The topological polar surface area (TPSA) is 104 Å². The van der Waals surface area contributed by atoms with Gasteiger partial charge in [0, 0.05) is 6.07 Å². The molecule has 0 unspecified atom stereocenters. The highest BCUT2D eigenvalue weighted by Gasteiger charge is 2.28. The van der Waals surface area contributed by atoms with Crippen molar-refractivity contribution in [2.75, 3.05) is 5.32 Å². The standard InChI is InChI=1S/C10H6Br2F2N3O4P/c11-7-8(16-17(9(7)12)22(19,20)21)10(18)15-6-2-1-4(13)3-5(6)14/h1-3H,(H,15,18)(H2,19,20,21). The van der Waals surface area contributed by atoms with Gasteiger partial charge in [0.25, 0.3) is 5.91 Å². The lowest BCUT2D eigenvalue weighted by molar-refractivity contribution is 0.102. The number of benzene rings is 1. The first kappa shape index (κ1) is 17.2. The van der Waals surface area contributed by atoms with Crippen LogP contribution in [-0.2, 0) is 4.57 Å². The van der Waals surface area contributed by atoms with Crippen molar-refractivity contribution >= 4 is 51.2 Å². The summed E-state index contributed by atoms with van der Waals surface area (Å²) in [7, 11) is -4.77. The van der Waals surface area contributed by atoms with Gasteiger partial charge in [-0.05, 0) is 44.0 Å². The smallest absolute Gasteiger partial charge is 0.318 e. The predicted octanol–water partition coefficient (Wildman–Crippen LogP) is 2.88. The fraction of sp³-hybridized carbons (Fsp3) is 0. The number of hydrogen-bond donors (Lipinski definition) is 3. The van der Waals surface area contributed by atoms with Gasteiger partial charge >= 0.3 is 7.75 Å². The number of aromatic nitrogens is 2. The summed E-state index contributed by atoms with van der Waals surface area (Å²) < 4.78 is 37.6. The average Bonchev–Trinajstić information content (AvgIpc) is 2.69. The molecule has 118 valence electrons. The first-order valence-electron chi connectivity index (χ1n) is 5.38. The van der Waals surface area contributed by atoms with E-state index < -0.39 is 25.3 Å². The van der Waals surface area contributed by atoms with Crippen molar-refractivity contribution in [1.82, 2.24) is 9.55 Å². The van der Waals surface area contributed by atoms with Gasteiger partial charge in [0.1, 0.15) is 16.2 Å². The number of anilines is 1. The summed E-state index contributed by atoms with van der Waals surface area (Å²) in [5.41, 5.74) is -0.695. The number of halogens is 4. The quantitative estimate of drug-likeness (QED) is 0.611. The van der Waals surface area contributed by atoms with Crippen molar-refractivity contribution < 1.29 is 27.9 Å². The third kappa shape index (κ3) is 3.44. The minimum absolute atomic E-state index is 0.0316. The summed E-state index contributed by atoms with van der Waals surface area (Å²) in [4.78, 5) is 30.2. The van der Waals surface area contributed by atoms with Crippen molar-refractivity contribution in [3.05, 3.63) is 44.6 Å². The zero-order chi connectivity index (χ0) is 16.7. The molecule has 0 aliphatic carbocycles. The van der Waals surface area contributed by atoms with Crippen LogP contribution in [0.2, 0.25) is 0 Å². The highest BCUT2D eigenvalue weighted by molar-refractivity contribution is 9.13. The van der Waals surface area contributed by atoms with E-state index in [0.717, 1.165) is 12.1 Å². The molecule has 2 aromatic rings. The van der Waals surface area contributed by atoms with Crippen LogP contribution in [0.1, 0.15) is 10.5 Å².